The van der Waals surface area contributed by atoms with Gasteiger partial charge in [-0.1, -0.05) is 12.1 Å². The highest BCUT2D eigenvalue weighted by Gasteiger charge is 2.03. The van der Waals surface area contributed by atoms with Crippen molar-refractivity contribution in [3.8, 4) is 0 Å². The lowest BCUT2D eigenvalue weighted by Crippen LogP contribution is -2.21. The molecule has 0 aliphatic carbocycles. The highest BCUT2D eigenvalue weighted by molar-refractivity contribution is 7.99. The lowest BCUT2D eigenvalue weighted by atomic mass is 10.3. The van der Waals surface area contributed by atoms with Crippen molar-refractivity contribution in [3.05, 3.63) is 30.1 Å². The van der Waals surface area contributed by atoms with Crippen molar-refractivity contribution in [2.75, 3.05) is 12.9 Å². The molecule has 0 atom stereocenters. The van der Waals surface area contributed by atoms with Crippen LogP contribution in [0.15, 0.2) is 29.2 Å². The molecule has 0 aliphatic rings. The van der Waals surface area contributed by atoms with E-state index in [0.29, 0.717) is 17.1 Å². The molecule has 5 heteroatoms. The Balaban J connectivity index is 2.32. The molecule has 0 heterocycles. The lowest BCUT2D eigenvalue weighted by molar-refractivity contribution is -0.130. The summed E-state index contributed by atoms with van der Waals surface area (Å²) < 4.78 is 13.1. The number of amides is 1. The summed E-state index contributed by atoms with van der Waals surface area (Å²) in [6.45, 7) is 0. The monoisotopic (exact) mass is 229 g/mol. The summed E-state index contributed by atoms with van der Waals surface area (Å²) in [4.78, 5) is 16.0. The molecule has 0 saturated carbocycles. The van der Waals surface area contributed by atoms with Crippen molar-refractivity contribution in [1.29, 1.82) is 0 Å². The van der Waals surface area contributed by atoms with Crippen LogP contribution < -0.4 is 5.48 Å². The Labute approximate surface area is 92.0 Å². The number of hydrogen-bond donors (Lipinski definition) is 1. The maximum absolute atomic E-state index is 13.1. The number of carbonyl (C=O) groups excluding carboxylic acids is 1. The van der Waals surface area contributed by atoms with Gasteiger partial charge < -0.3 is 0 Å². The molecule has 1 aromatic carbocycles. The van der Waals surface area contributed by atoms with Crippen molar-refractivity contribution in [1.82, 2.24) is 5.48 Å². The number of rotatable bonds is 5. The van der Waals surface area contributed by atoms with Gasteiger partial charge in [0.05, 0.1) is 7.11 Å². The molecule has 0 radical (unpaired) electrons. The molecule has 0 spiro atoms. The summed E-state index contributed by atoms with van der Waals surface area (Å²) in [5, 5.41) is 0. The van der Waals surface area contributed by atoms with E-state index in [0.717, 1.165) is 0 Å². The average Bonchev–Trinajstić information content (AvgIpc) is 2.21. The van der Waals surface area contributed by atoms with Crippen LogP contribution in [0.2, 0.25) is 0 Å². The van der Waals surface area contributed by atoms with E-state index < -0.39 is 0 Å². The summed E-state index contributed by atoms with van der Waals surface area (Å²) in [5.41, 5.74) is 2.20. The molecule has 3 nitrogen and oxygen atoms in total. The van der Waals surface area contributed by atoms with Gasteiger partial charge in [-0.05, 0) is 12.1 Å². The smallest absolute Gasteiger partial charge is 0.244 e. The second-order valence-electron chi connectivity index (χ2n) is 2.76. The van der Waals surface area contributed by atoms with Crippen LogP contribution in [0.25, 0.3) is 0 Å². The highest BCUT2D eigenvalue weighted by Crippen LogP contribution is 2.21. The van der Waals surface area contributed by atoms with Crippen molar-refractivity contribution >= 4 is 17.7 Å². The Morgan fingerprint density at radius 1 is 1.53 bits per heavy atom. The van der Waals surface area contributed by atoms with Gasteiger partial charge in [0.25, 0.3) is 0 Å². The van der Waals surface area contributed by atoms with Gasteiger partial charge in [-0.25, -0.2) is 9.87 Å². The molecular formula is C10H12FNO2S. The van der Waals surface area contributed by atoms with Crippen molar-refractivity contribution in [2.24, 2.45) is 0 Å². The number of carbonyl (C=O) groups is 1. The summed E-state index contributed by atoms with van der Waals surface area (Å²) in [6.07, 6.45) is 0.298. The molecule has 0 bridgehead atoms. The van der Waals surface area contributed by atoms with Crippen LogP contribution >= 0.6 is 11.8 Å². The van der Waals surface area contributed by atoms with Crippen molar-refractivity contribution in [2.45, 2.75) is 11.3 Å². The van der Waals surface area contributed by atoms with Gasteiger partial charge in [-0.2, -0.15) is 0 Å². The van der Waals surface area contributed by atoms with E-state index in [9.17, 15) is 9.18 Å². The SMILES string of the molecule is CONC(=O)CCSc1ccccc1F. The number of hydrogen-bond acceptors (Lipinski definition) is 3. The number of nitrogens with one attached hydrogen (secondary N) is 1. The average molecular weight is 229 g/mol. The van der Waals surface area contributed by atoms with Gasteiger partial charge in [0.15, 0.2) is 0 Å². The first kappa shape index (κ1) is 12.0. The van der Waals surface area contributed by atoms with Gasteiger partial charge in [-0.15, -0.1) is 11.8 Å². The molecule has 1 rings (SSSR count). The zero-order valence-electron chi connectivity index (χ0n) is 8.33. The topological polar surface area (TPSA) is 38.3 Å². The van der Waals surface area contributed by atoms with Crippen LogP contribution in [0.1, 0.15) is 6.42 Å². The molecule has 1 aromatic rings. The quantitative estimate of drug-likeness (QED) is 0.620. The lowest BCUT2D eigenvalue weighted by Gasteiger charge is -2.03. The normalized spacial score (nSPS) is 10.0. The van der Waals surface area contributed by atoms with Crippen LogP contribution in [0, 0.1) is 5.82 Å². The minimum Gasteiger partial charge on any atom is -0.277 e. The molecule has 0 saturated heterocycles. The second kappa shape index (κ2) is 6.42. The fraction of sp³-hybridized carbons (Fsp3) is 0.300. The Bertz CT molecular complexity index is 333. The second-order valence-corrected chi connectivity index (χ2v) is 3.89. The van der Waals surface area contributed by atoms with Crippen molar-refractivity contribution < 1.29 is 14.0 Å². The van der Waals surface area contributed by atoms with Gasteiger partial charge in [-0.3, -0.25) is 9.63 Å². The maximum atomic E-state index is 13.1. The number of halogens is 1. The summed E-state index contributed by atoms with van der Waals surface area (Å²) in [7, 11) is 1.38. The van der Waals surface area contributed by atoms with E-state index in [1.54, 1.807) is 18.2 Å². The molecule has 0 aromatic heterocycles. The Morgan fingerprint density at radius 3 is 2.93 bits per heavy atom. The fourth-order valence-corrected chi connectivity index (χ4v) is 1.87. The molecule has 15 heavy (non-hydrogen) atoms. The van der Waals surface area contributed by atoms with Crippen LogP contribution in [-0.2, 0) is 9.63 Å². The largest absolute Gasteiger partial charge is 0.277 e. The van der Waals surface area contributed by atoms with E-state index in [4.69, 9.17) is 0 Å². The van der Waals surface area contributed by atoms with Crippen LogP contribution in [0.4, 0.5) is 4.39 Å². The predicted octanol–water partition coefficient (Wildman–Crippen LogP) is 1.99. The molecule has 1 amide bonds. The minimum atomic E-state index is -0.255. The molecule has 0 unspecified atom stereocenters. The molecule has 0 aliphatic heterocycles. The first-order chi connectivity index (χ1) is 7.24. The zero-order valence-corrected chi connectivity index (χ0v) is 9.14. The first-order valence-corrected chi connectivity index (χ1v) is 5.41. The van der Waals surface area contributed by atoms with Gasteiger partial charge in [0.2, 0.25) is 5.91 Å². The van der Waals surface area contributed by atoms with E-state index in [1.165, 1.54) is 24.9 Å². The third-order valence-electron chi connectivity index (χ3n) is 1.64. The van der Waals surface area contributed by atoms with Crippen molar-refractivity contribution in [3.63, 3.8) is 0 Å². The van der Waals surface area contributed by atoms with E-state index in [2.05, 4.69) is 10.3 Å². The van der Waals surface area contributed by atoms with E-state index in [-0.39, 0.29) is 11.7 Å². The van der Waals surface area contributed by atoms with E-state index in [1.807, 2.05) is 0 Å². The highest BCUT2D eigenvalue weighted by atomic mass is 32.2. The van der Waals surface area contributed by atoms with Crippen LogP contribution in [-0.4, -0.2) is 18.8 Å². The zero-order chi connectivity index (χ0) is 11.1. The predicted molar refractivity (Wildman–Crippen MR) is 56.9 cm³/mol. The molecule has 82 valence electrons. The summed E-state index contributed by atoms with van der Waals surface area (Å²) in [5.74, 6) is 0.0619. The molecular weight excluding hydrogens is 217 g/mol. The summed E-state index contributed by atoms with van der Waals surface area (Å²) in [6, 6.07) is 6.49. The van der Waals surface area contributed by atoms with Gasteiger partial charge in [0.1, 0.15) is 5.82 Å². The van der Waals surface area contributed by atoms with Gasteiger partial charge in [0, 0.05) is 17.1 Å². The Morgan fingerprint density at radius 2 is 2.27 bits per heavy atom. The minimum absolute atomic E-state index is 0.207. The number of hydroxylamine groups is 1. The molecule has 0 fully saturated rings. The standard InChI is InChI=1S/C10H12FNO2S/c1-14-12-10(13)6-7-15-9-5-3-2-4-8(9)11/h2-5H,6-7H2,1H3,(H,12,13). The third-order valence-corrected chi connectivity index (χ3v) is 2.69. The summed E-state index contributed by atoms with van der Waals surface area (Å²) >= 11 is 1.31. The Kier molecular flexibility index (Phi) is 5.14. The Hall–Kier alpha value is -1.07. The van der Waals surface area contributed by atoms with Crippen LogP contribution in [0.3, 0.4) is 0 Å². The first-order valence-electron chi connectivity index (χ1n) is 4.43. The van der Waals surface area contributed by atoms with E-state index >= 15 is 0 Å². The van der Waals surface area contributed by atoms with Crippen LogP contribution in [0.5, 0.6) is 0 Å². The third kappa shape index (κ3) is 4.31. The van der Waals surface area contributed by atoms with Gasteiger partial charge >= 0.3 is 0 Å². The maximum Gasteiger partial charge on any atom is 0.244 e. The number of benzene rings is 1. The number of thioether (sulfide) groups is 1. The fourth-order valence-electron chi connectivity index (χ4n) is 0.980. The molecule has 1 N–H and O–H groups in total.